The number of carbonyl (C=O) groups excluding carboxylic acids is 1. The van der Waals surface area contributed by atoms with Crippen molar-refractivity contribution in [1.82, 2.24) is 9.62 Å². The van der Waals surface area contributed by atoms with Crippen LogP contribution in [0.2, 0.25) is 0 Å². The fourth-order valence-electron chi connectivity index (χ4n) is 3.09. The number of nitrogens with one attached hydrogen (secondary N) is 1. The van der Waals surface area contributed by atoms with E-state index in [-0.39, 0.29) is 17.9 Å². The molecule has 2 aliphatic rings. The van der Waals surface area contributed by atoms with Gasteiger partial charge in [-0.2, -0.15) is 0 Å². The number of sulfonamides is 1. The molecule has 6 heteroatoms. The fourth-order valence-corrected chi connectivity index (χ4v) is 4.72. The summed E-state index contributed by atoms with van der Waals surface area (Å²) in [7, 11) is -3.51. The Kier molecular flexibility index (Phi) is 4.47. The molecule has 1 aliphatic carbocycles. The van der Waals surface area contributed by atoms with Crippen LogP contribution in [-0.4, -0.2) is 38.4 Å². The normalized spacial score (nSPS) is 19.8. The molecular weight excluding hydrogens is 312 g/mol. The molecule has 1 aliphatic heterocycles. The van der Waals surface area contributed by atoms with Gasteiger partial charge in [-0.15, -0.1) is 0 Å². The number of benzene rings is 1. The second-order valence-electron chi connectivity index (χ2n) is 6.76. The molecule has 3 rings (SSSR count). The molecule has 5 nitrogen and oxygen atoms in total. The van der Waals surface area contributed by atoms with Crippen LogP contribution in [0.3, 0.4) is 0 Å². The van der Waals surface area contributed by atoms with Crippen LogP contribution in [-0.2, 0) is 14.8 Å². The van der Waals surface area contributed by atoms with Gasteiger partial charge in [0.1, 0.15) is 0 Å². The standard InChI is InChI=1S/C17H24N2O3S/c1-12-3-4-13(2)16(11-12)23(21,22)18-15-7-9-19(10-8-15)17(20)14-5-6-14/h3-4,11,14-15,18H,5-10H2,1-2H3. The van der Waals surface area contributed by atoms with E-state index in [9.17, 15) is 13.2 Å². The van der Waals surface area contributed by atoms with Gasteiger partial charge in [-0.3, -0.25) is 4.79 Å². The number of amides is 1. The van der Waals surface area contributed by atoms with Crippen LogP contribution in [0.5, 0.6) is 0 Å². The highest BCUT2D eigenvalue weighted by Gasteiger charge is 2.35. The van der Waals surface area contributed by atoms with E-state index in [0.717, 1.165) is 24.0 Å². The average Bonchev–Trinajstić information content (AvgIpc) is 3.34. The lowest BCUT2D eigenvalue weighted by atomic mass is 10.1. The Labute approximate surface area is 138 Å². The van der Waals surface area contributed by atoms with Crippen molar-refractivity contribution in [1.29, 1.82) is 0 Å². The van der Waals surface area contributed by atoms with Crippen molar-refractivity contribution in [2.24, 2.45) is 5.92 Å². The van der Waals surface area contributed by atoms with Crippen LogP contribution in [0.15, 0.2) is 23.1 Å². The number of likely N-dealkylation sites (tertiary alicyclic amines) is 1. The quantitative estimate of drug-likeness (QED) is 0.914. The molecule has 0 spiro atoms. The summed E-state index contributed by atoms with van der Waals surface area (Å²) in [4.78, 5) is 14.3. The topological polar surface area (TPSA) is 66.5 Å². The van der Waals surface area contributed by atoms with E-state index < -0.39 is 10.0 Å². The fraction of sp³-hybridized carbons (Fsp3) is 0.588. The molecule has 0 aromatic heterocycles. The first-order chi connectivity index (χ1) is 10.9. The van der Waals surface area contributed by atoms with Gasteiger partial charge in [0.2, 0.25) is 15.9 Å². The Balaban J connectivity index is 1.63. The summed E-state index contributed by atoms with van der Waals surface area (Å²) in [5.41, 5.74) is 1.69. The van der Waals surface area contributed by atoms with Gasteiger partial charge < -0.3 is 4.90 Å². The predicted octanol–water partition coefficient (Wildman–Crippen LogP) is 1.98. The van der Waals surface area contributed by atoms with Gasteiger partial charge in [0.05, 0.1) is 4.90 Å². The van der Waals surface area contributed by atoms with Crippen molar-refractivity contribution in [3.8, 4) is 0 Å². The maximum Gasteiger partial charge on any atom is 0.241 e. The van der Waals surface area contributed by atoms with Crippen molar-refractivity contribution in [2.45, 2.75) is 50.5 Å². The summed E-state index contributed by atoms with van der Waals surface area (Å²) in [5.74, 6) is 0.485. The van der Waals surface area contributed by atoms with Gasteiger partial charge in [0.15, 0.2) is 0 Å². The van der Waals surface area contributed by atoms with E-state index in [2.05, 4.69) is 4.72 Å². The van der Waals surface area contributed by atoms with Gasteiger partial charge in [-0.05, 0) is 56.7 Å². The maximum absolute atomic E-state index is 12.6. The Morgan fingerprint density at radius 1 is 1.13 bits per heavy atom. The van der Waals surface area contributed by atoms with Crippen LogP contribution < -0.4 is 4.72 Å². The van der Waals surface area contributed by atoms with Gasteiger partial charge in [0, 0.05) is 25.0 Å². The molecule has 0 bridgehead atoms. The largest absolute Gasteiger partial charge is 0.342 e. The van der Waals surface area contributed by atoms with Crippen molar-refractivity contribution in [2.75, 3.05) is 13.1 Å². The Morgan fingerprint density at radius 3 is 2.39 bits per heavy atom. The number of aryl methyl sites for hydroxylation is 2. The first-order valence-corrected chi connectivity index (χ1v) is 9.73. The number of rotatable bonds is 4. The average molecular weight is 336 g/mol. The van der Waals surface area contributed by atoms with Gasteiger partial charge in [-0.1, -0.05) is 12.1 Å². The monoisotopic (exact) mass is 336 g/mol. The minimum atomic E-state index is -3.51. The summed E-state index contributed by atoms with van der Waals surface area (Å²) in [6, 6.07) is 5.36. The molecule has 2 fully saturated rings. The zero-order chi connectivity index (χ0) is 16.6. The van der Waals surface area contributed by atoms with E-state index >= 15 is 0 Å². The summed E-state index contributed by atoms with van der Waals surface area (Å²) < 4.78 is 28.0. The van der Waals surface area contributed by atoms with Crippen molar-refractivity contribution in [3.63, 3.8) is 0 Å². The first-order valence-electron chi connectivity index (χ1n) is 8.25. The van der Waals surface area contributed by atoms with Crippen LogP contribution in [0, 0.1) is 19.8 Å². The number of hydrogen-bond donors (Lipinski definition) is 1. The van der Waals surface area contributed by atoms with Gasteiger partial charge in [-0.25, -0.2) is 13.1 Å². The molecule has 1 aromatic rings. The van der Waals surface area contributed by atoms with E-state index in [0.29, 0.717) is 30.8 Å². The van der Waals surface area contributed by atoms with E-state index in [1.807, 2.05) is 30.9 Å². The summed E-state index contributed by atoms with van der Waals surface area (Å²) in [5, 5.41) is 0. The minimum absolute atomic E-state index is 0.0943. The molecule has 1 saturated heterocycles. The highest BCUT2D eigenvalue weighted by atomic mass is 32.2. The van der Waals surface area contributed by atoms with Gasteiger partial charge >= 0.3 is 0 Å². The van der Waals surface area contributed by atoms with Crippen LogP contribution in [0.25, 0.3) is 0 Å². The Hall–Kier alpha value is -1.40. The molecule has 0 unspecified atom stereocenters. The second kappa shape index (κ2) is 6.24. The third kappa shape index (κ3) is 3.75. The number of piperidine rings is 1. The molecular formula is C17H24N2O3S. The Bertz CT molecular complexity index is 703. The van der Waals surface area contributed by atoms with Gasteiger partial charge in [0.25, 0.3) is 0 Å². The Morgan fingerprint density at radius 2 is 1.78 bits per heavy atom. The molecule has 23 heavy (non-hydrogen) atoms. The highest BCUT2D eigenvalue weighted by Crippen LogP contribution is 2.32. The molecule has 1 amide bonds. The number of hydrogen-bond acceptors (Lipinski definition) is 3. The summed E-state index contributed by atoms with van der Waals surface area (Å²) >= 11 is 0. The molecule has 1 aromatic carbocycles. The SMILES string of the molecule is Cc1ccc(C)c(S(=O)(=O)NC2CCN(C(=O)C3CC3)CC2)c1. The molecule has 1 N–H and O–H groups in total. The first kappa shape index (κ1) is 16.5. The molecule has 1 heterocycles. The number of nitrogens with zero attached hydrogens (tertiary/aromatic N) is 1. The number of carbonyl (C=O) groups is 1. The van der Waals surface area contributed by atoms with Crippen molar-refractivity contribution < 1.29 is 13.2 Å². The van der Waals surface area contributed by atoms with E-state index in [1.165, 1.54) is 0 Å². The maximum atomic E-state index is 12.6. The zero-order valence-corrected chi connectivity index (χ0v) is 14.5. The van der Waals surface area contributed by atoms with E-state index in [1.54, 1.807) is 6.07 Å². The molecule has 126 valence electrons. The molecule has 0 radical (unpaired) electrons. The van der Waals surface area contributed by atoms with Crippen LogP contribution in [0.1, 0.15) is 36.8 Å². The third-order valence-corrected chi connectivity index (χ3v) is 6.35. The zero-order valence-electron chi connectivity index (χ0n) is 13.7. The lowest BCUT2D eigenvalue weighted by molar-refractivity contribution is -0.133. The predicted molar refractivity (Wildman–Crippen MR) is 88.6 cm³/mol. The lowest BCUT2D eigenvalue weighted by Crippen LogP contribution is -2.47. The minimum Gasteiger partial charge on any atom is -0.342 e. The summed E-state index contributed by atoms with van der Waals surface area (Å²) in [6.07, 6.45) is 3.39. The lowest BCUT2D eigenvalue weighted by Gasteiger charge is -2.32. The third-order valence-electron chi connectivity index (χ3n) is 4.69. The second-order valence-corrected chi connectivity index (χ2v) is 8.45. The van der Waals surface area contributed by atoms with E-state index in [4.69, 9.17) is 0 Å². The summed E-state index contributed by atoms with van der Waals surface area (Å²) in [6.45, 7) is 5.00. The molecule has 0 atom stereocenters. The smallest absolute Gasteiger partial charge is 0.241 e. The van der Waals surface area contributed by atoms with Crippen LogP contribution >= 0.6 is 0 Å². The highest BCUT2D eigenvalue weighted by molar-refractivity contribution is 7.89. The van der Waals surface area contributed by atoms with Crippen molar-refractivity contribution in [3.05, 3.63) is 29.3 Å². The van der Waals surface area contributed by atoms with Crippen molar-refractivity contribution >= 4 is 15.9 Å². The molecule has 1 saturated carbocycles. The van der Waals surface area contributed by atoms with Crippen LogP contribution in [0.4, 0.5) is 0 Å².